The highest BCUT2D eigenvalue weighted by Crippen LogP contribution is 2.36. The first kappa shape index (κ1) is 12.9. The molecule has 1 aliphatic rings. The molecule has 0 amide bonds. The van der Waals surface area contributed by atoms with E-state index in [1.165, 1.54) is 13.0 Å². The molecule has 2 rings (SSSR count). The van der Waals surface area contributed by atoms with Gasteiger partial charge in [-0.2, -0.15) is 0 Å². The molecule has 5 heteroatoms. The van der Waals surface area contributed by atoms with E-state index in [0.29, 0.717) is 12.2 Å². The molecule has 2 atom stereocenters. The predicted molar refractivity (Wildman–Crippen MR) is 64.0 cm³/mol. The van der Waals surface area contributed by atoms with Gasteiger partial charge < -0.3 is 20.1 Å². The third kappa shape index (κ3) is 2.07. The summed E-state index contributed by atoms with van der Waals surface area (Å²) in [6.07, 6.45) is -0.162. The van der Waals surface area contributed by atoms with Crippen molar-refractivity contribution in [3.8, 4) is 5.75 Å². The second-order valence-electron chi connectivity index (χ2n) is 4.91. The number of hydrogen-bond acceptors (Lipinski definition) is 4. The van der Waals surface area contributed by atoms with Gasteiger partial charge in [0.1, 0.15) is 17.5 Å². The Kier molecular flexibility index (Phi) is 3.04. The van der Waals surface area contributed by atoms with Gasteiger partial charge in [0.2, 0.25) is 0 Å². The fraction of sp³-hybridized carbons (Fsp3) is 0.462. The second-order valence-corrected chi connectivity index (χ2v) is 4.91. The fourth-order valence-corrected chi connectivity index (χ4v) is 2.12. The summed E-state index contributed by atoms with van der Waals surface area (Å²) >= 11 is 0. The molecule has 0 aromatic heterocycles. The van der Waals surface area contributed by atoms with E-state index in [-0.39, 0.29) is 5.56 Å². The quantitative estimate of drug-likeness (QED) is 0.738. The first-order chi connectivity index (χ1) is 8.35. The maximum atomic E-state index is 11.0. The molecule has 18 heavy (non-hydrogen) atoms. The molecule has 1 aromatic rings. The smallest absolute Gasteiger partial charge is 0.335 e. The number of ether oxygens (including phenoxy) is 1. The van der Waals surface area contributed by atoms with Crippen LogP contribution >= 0.6 is 0 Å². The van der Waals surface area contributed by atoms with Crippen LogP contribution in [0.4, 0.5) is 0 Å². The lowest BCUT2D eigenvalue weighted by Gasteiger charge is -2.27. The maximum Gasteiger partial charge on any atom is 0.335 e. The number of carboxylic acids is 1. The zero-order valence-electron chi connectivity index (χ0n) is 10.3. The average Bonchev–Trinajstić information content (AvgIpc) is 2.74. The molecule has 0 aliphatic carbocycles. The monoisotopic (exact) mass is 252 g/mol. The van der Waals surface area contributed by atoms with Crippen molar-refractivity contribution in [2.24, 2.45) is 0 Å². The Hall–Kier alpha value is -1.59. The minimum Gasteiger partial charge on any atom is -0.486 e. The lowest BCUT2D eigenvalue weighted by molar-refractivity contribution is -0.0730. The highest BCUT2D eigenvalue weighted by atomic mass is 16.5. The van der Waals surface area contributed by atoms with Crippen molar-refractivity contribution < 1.29 is 24.9 Å². The van der Waals surface area contributed by atoms with Crippen molar-refractivity contribution >= 4 is 5.97 Å². The topological polar surface area (TPSA) is 87.0 Å². The van der Waals surface area contributed by atoms with Crippen LogP contribution in [0.3, 0.4) is 0 Å². The molecule has 0 fully saturated rings. The number of benzene rings is 1. The van der Waals surface area contributed by atoms with Gasteiger partial charge in [-0.15, -0.1) is 0 Å². The Balaban J connectivity index is 2.35. The largest absolute Gasteiger partial charge is 0.486 e. The van der Waals surface area contributed by atoms with Gasteiger partial charge in [0.15, 0.2) is 0 Å². The van der Waals surface area contributed by atoms with Crippen LogP contribution in [0.1, 0.15) is 28.4 Å². The van der Waals surface area contributed by atoms with E-state index in [0.717, 1.165) is 11.1 Å². The molecule has 2 unspecified atom stereocenters. The van der Waals surface area contributed by atoms with E-state index in [9.17, 15) is 9.90 Å². The summed E-state index contributed by atoms with van der Waals surface area (Å²) < 4.78 is 5.63. The number of carboxylic acid groups (broad SMARTS) is 1. The lowest BCUT2D eigenvalue weighted by Crippen LogP contribution is -2.45. The van der Waals surface area contributed by atoms with Gasteiger partial charge in [-0.1, -0.05) is 0 Å². The van der Waals surface area contributed by atoms with Crippen molar-refractivity contribution in [1.29, 1.82) is 0 Å². The number of aromatic carboxylic acids is 1. The third-order valence-electron chi connectivity index (χ3n) is 3.28. The van der Waals surface area contributed by atoms with Gasteiger partial charge in [0.05, 0.1) is 12.2 Å². The Morgan fingerprint density at radius 2 is 2.22 bits per heavy atom. The van der Waals surface area contributed by atoms with E-state index >= 15 is 0 Å². The van der Waals surface area contributed by atoms with E-state index < -0.39 is 24.3 Å². The Morgan fingerprint density at radius 1 is 1.56 bits per heavy atom. The van der Waals surface area contributed by atoms with Crippen LogP contribution < -0.4 is 4.74 Å². The normalized spacial score (nSPS) is 21.0. The van der Waals surface area contributed by atoms with Crippen LogP contribution in [0.15, 0.2) is 12.1 Å². The SMILES string of the molecule is Cc1cc(C(=O)O)cc2c1OC(C(C)(O)CO)C2. The summed E-state index contributed by atoms with van der Waals surface area (Å²) in [5.41, 5.74) is 0.348. The minimum atomic E-state index is -1.34. The number of fused-ring (bicyclic) bond motifs is 1. The van der Waals surface area contributed by atoms with Crippen molar-refractivity contribution in [2.45, 2.75) is 32.0 Å². The van der Waals surface area contributed by atoms with E-state index in [1.807, 2.05) is 0 Å². The number of carbonyl (C=O) groups is 1. The molecule has 0 spiro atoms. The number of aryl methyl sites for hydroxylation is 1. The Morgan fingerprint density at radius 3 is 2.78 bits per heavy atom. The van der Waals surface area contributed by atoms with E-state index in [2.05, 4.69) is 0 Å². The molecule has 1 heterocycles. The summed E-state index contributed by atoms with van der Waals surface area (Å²) in [7, 11) is 0. The standard InChI is InChI=1S/C13H16O5/c1-7-3-9(12(15)16)4-8-5-10(18-11(7)8)13(2,17)6-14/h3-4,10,14,17H,5-6H2,1-2H3,(H,15,16). The van der Waals surface area contributed by atoms with E-state index in [1.54, 1.807) is 13.0 Å². The van der Waals surface area contributed by atoms with Crippen LogP contribution in [-0.2, 0) is 6.42 Å². The summed E-state index contributed by atoms with van der Waals surface area (Å²) in [4.78, 5) is 11.0. The zero-order valence-corrected chi connectivity index (χ0v) is 10.3. The summed E-state index contributed by atoms with van der Waals surface area (Å²) in [6, 6.07) is 3.09. The van der Waals surface area contributed by atoms with Crippen LogP contribution in [0, 0.1) is 6.92 Å². The maximum absolute atomic E-state index is 11.0. The molecule has 0 bridgehead atoms. The first-order valence-electron chi connectivity index (χ1n) is 5.72. The molecule has 5 nitrogen and oxygen atoms in total. The number of hydrogen-bond donors (Lipinski definition) is 3. The summed E-state index contributed by atoms with van der Waals surface area (Å²) in [6.45, 7) is 2.86. The van der Waals surface area contributed by atoms with Crippen LogP contribution in [0.5, 0.6) is 5.75 Å². The number of aliphatic hydroxyl groups is 2. The van der Waals surface area contributed by atoms with Gasteiger partial charge in [-0.05, 0) is 37.1 Å². The molecule has 1 aliphatic heterocycles. The average molecular weight is 252 g/mol. The van der Waals surface area contributed by atoms with Crippen LogP contribution in [-0.4, -0.2) is 39.6 Å². The van der Waals surface area contributed by atoms with E-state index in [4.69, 9.17) is 14.9 Å². The Labute approximate surface area is 105 Å². The lowest BCUT2D eigenvalue weighted by atomic mass is 9.95. The van der Waals surface area contributed by atoms with Crippen molar-refractivity contribution in [2.75, 3.05) is 6.61 Å². The van der Waals surface area contributed by atoms with Gasteiger partial charge in [-0.3, -0.25) is 0 Å². The minimum absolute atomic E-state index is 0.208. The summed E-state index contributed by atoms with van der Waals surface area (Å²) in [5.74, 6) is -0.378. The molecule has 0 saturated carbocycles. The molecule has 3 N–H and O–H groups in total. The predicted octanol–water partition coefficient (Wildman–Crippen LogP) is 0.740. The number of rotatable bonds is 3. The van der Waals surface area contributed by atoms with Crippen LogP contribution in [0.2, 0.25) is 0 Å². The summed E-state index contributed by atoms with van der Waals surface area (Å²) in [5, 5.41) is 28.1. The first-order valence-corrected chi connectivity index (χ1v) is 5.72. The molecule has 0 saturated heterocycles. The Bertz CT molecular complexity index is 492. The number of aliphatic hydroxyl groups excluding tert-OH is 1. The molecule has 0 radical (unpaired) electrons. The van der Waals surface area contributed by atoms with Gasteiger partial charge in [0, 0.05) is 6.42 Å². The van der Waals surface area contributed by atoms with Crippen LogP contribution in [0.25, 0.3) is 0 Å². The highest BCUT2D eigenvalue weighted by molar-refractivity contribution is 5.88. The van der Waals surface area contributed by atoms with Crippen molar-refractivity contribution in [3.05, 3.63) is 28.8 Å². The molecule has 98 valence electrons. The molecular weight excluding hydrogens is 236 g/mol. The van der Waals surface area contributed by atoms with Crippen molar-refractivity contribution in [1.82, 2.24) is 0 Å². The fourth-order valence-electron chi connectivity index (χ4n) is 2.12. The van der Waals surface area contributed by atoms with Gasteiger partial charge >= 0.3 is 5.97 Å². The van der Waals surface area contributed by atoms with Gasteiger partial charge in [-0.25, -0.2) is 4.79 Å². The zero-order chi connectivity index (χ0) is 13.5. The molecular formula is C13H16O5. The molecule has 1 aromatic carbocycles. The van der Waals surface area contributed by atoms with Gasteiger partial charge in [0.25, 0.3) is 0 Å². The third-order valence-corrected chi connectivity index (χ3v) is 3.28. The second kappa shape index (κ2) is 4.26. The van der Waals surface area contributed by atoms with Crippen molar-refractivity contribution in [3.63, 3.8) is 0 Å². The highest BCUT2D eigenvalue weighted by Gasteiger charge is 2.38.